The van der Waals surface area contributed by atoms with Gasteiger partial charge in [0.15, 0.2) is 0 Å². The van der Waals surface area contributed by atoms with Gasteiger partial charge in [-0.3, -0.25) is 4.79 Å². The minimum Gasteiger partial charge on any atom is -0.497 e. The first-order chi connectivity index (χ1) is 9.58. The lowest BCUT2D eigenvalue weighted by Crippen LogP contribution is -2.36. The Morgan fingerprint density at radius 2 is 2.15 bits per heavy atom. The third kappa shape index (κ3) is 3.63. The van der Waals surface area contributed by atoms with Gasteiger partial charge in [-0.15, -0.1) is 0 Å². The van der Waals surface area contributed by atoms with Crippen molar-refractivity contribution in [2.24, 2.45) is 5.92 Å². The molecule has 0 bridgehead atoms. The largest absolute Gasteiger partial charge is 0.497 e. The van der Waals surface area contributed by atoms with Crippen molar-refractivity contribution >= 4 is 17.7 Å². The lowest BCUT2D eigenvalue weighted by Gasteiger charge is -2.13. The lowest BCUT2D eigenvalue weighted by atomic mass is 10.1. The van der Waals surface area contributed by atoms with E-state index in [1.807, 2.05) is 0 Å². The van der Waals surface area contributed by atoms with Crippen molar-refractivity contribution in [1.29, 1.82) is 0 Å². The van der Waals surface area contributed by atoms with Gasteiger partial charge in [0.2, 0.25) is 0 Å². The van der Waals surface area contributed by atoms with Crippen molar-refractivity contribution in [3.05, 3.63) is 24.3 Å². The zero-order valence-electron chi connectivity index (χ0n) is 11.3. The Kier molecular flexibility index (Phi) is 4.45. The maximum absolute atomic E-state index is 11.8. The summed E-state index contributed by atoms with van der Waals surface area (Å²) in [5.74, 6) is -0.478. The maximum atomic E-state index is 11.8. The number of nitrogens with one attached hydrogen (secondary N) is 2. The summed E-state index contributed by atoms with van der Waals surface area (Å²) in [6, 6.07) is 6.64. The smallest absolute Gasteiger partial charge is 0.319 e. The zero-order chi connectivity index (χ0) is 14.5. The van der Waals surface area contributed by atoms with Crippen LogP contribution in [0, 0.1) is 5.92 Å². The van der Waals surface area contributed by atoms with Crippen LogP contribution in [0.4, 0.5) is 10.5 Å². The van der Waals surface area contributed by atoms with Gasteiger partial charge in [0, 0.05) is 17.8 Å². The molecule has 6 nitrogen and oxygen atoms in total. The lowest BCUT2D eigenvalue weighted by molar-refractivity contribution is -0.141. The van der Waals surface area contributed by atoms with E-state index < -0.39 is 5.97 Å². The Morgan fingerprint density at radius 1 is 1.35 bits per heavy atom. The van der Waals surface area contributed by atoms with Gasteiger partial charge in [-0.1, -0.05) is 6.07 Å². The summed E-state index contributed by atoms with van der Waals surface area (Å²) in [6.07, 6.45) is 1.79. The highest BCUT2D eigenvalue weighted by Crippen LogP contribution is 2.25. The number of rotatable bonds is 4. The molecule has 2 atom stereocenters. The number of aliphatic carboxylic acids is 1. The van der Waals surface area contributed by atoms with Crippen LogP contribution >= 0.6 is 0 Å². The molecule has 0 spiro atoms. The minimum atomic E-state index is -0.789. The molecule has 1 aromatic rings. The molecule has 0 unspecified atom stereocenters. The number of hydrogen-bond donors (Lipinski definition) is 3. The third-order valence-corrected chi connectivity index (χ3v) is 3.44. The number of ether oxygens (including phenoxy) is 1. The Labute approximate surface area is 117 Å². The van der Waals surface area contributed by atoms with E-state index in [-0.39, 0.29) is 18.0 Å². The maximum Gasteiger partial charge on any atom is 0.319 e. The molecule has 1 aromatic carbocycles. The van der Waals surface area contributed by atoms with Crippen LogP contribution in [0.2, 0.25) is 0 Å². The number of carboxylic acids is 1. The Morgan fingerprint density at radius 3 is 2.80 bits per heavy atom. The summed E-state index contributed by atoms with van der Waals surface area (Å²) < 4.78 is 5.07. The average Bonchev–Trinajstić information content (AvgIpc) is 2.87. The van der Waals surface area contributed by atoms with Gasteiger partial charge in [-0.2, -0.15) is 0 Å². The molecule has 0 aromatic heterocycles. The molecule has 3 N–H and O–H groups in total. The third-order valence-electron chi connectivity index (χ3n) is 3.44. The highest BCUT2D eigenvalue weighted by Gasteiger charge is 2.30. The second-order valence-electron chi connectivity index (χ2n) is 4.88. The summed E-state index contributed by atoms with van der Waals surface area (Å²) in [5, 5.41) is 14.4. The molecule has 0 radical (unpaired) electrons. The van der Waals surface area contributed by atoms with E-state index in [0.29, 0.717) is 30.7 Å². The van der Waals surface area contributed by atoms with E-state index in [2.05, 4.69) is 10.6 Å². The number of carboxylic acid groups (broad SMARTS) is 1. The van der Waals surface area contributed by atoms with E-state index in [0.717, 1.165) is 0 Å². The molecule has 0 aliphatic heterocycles. The van der Waals surface area contributed by atoms with Gasteiger partial charge in [0.1, 0.15) is 5.75 Å². The summed E-state index contributed by atoms with van der Waals surface area (Å²) in [6.45, 7) is 0. The van der Waals surface area contributed by atoms with Gasteiger partial charge < -0.3 is 20.5 Å². The van der Waals surface area contributed by atoms with Gasteiger partial charge in [0.05, 0.1) is 13.0 Å². The van der Waals surface area contributed by atoms with Gasteiger partial charge in [-0.05, 0) is 31.4 Å². The molecular weight excluding hydrogens is 260 g/mol. The topological polar surface area (TPSA) is 87.7 Å². The fourth-order valence-corrected chi connectivity index (χ4v) is 2.39. The fourth-order valence-electron chi connectivity index (χ4n) is 2.39. The molecule has 108 valence electrons. The Hall–Kier alpha value is -2.24. The summed E-state index contributed by atoms with van der Waals surface area (Å²) in [5.41, 5.74) is 0.634. The fraction of sp³-hybridized carbons (Fsp3) is 0.429. The number of carbonyl (C=O) groups excluding carboxylic acids is 1. The van der Waals surface area contributed by atoms with Gasteiger partial charge in [-0.25, -0.2) is 4.79 Å². The molecule has 1 fully saturated rings. The van der Waals surface area contributed by atoms with Crippen LogP contribution in [0.3, 0.4) is 0 Å². The van der Waals surface area contributed by atoms with Crippen LogP contribution in [0.25, 0.3) is 0 Å². The van der Waals surface area contributed by atoms with Crippen LogP contribution in [-0.2, 0) is 4.79 Å². The normalized spacial score (nSPS) is 21.2. The standard InChI is InChI=1S/C14H18N2O4/c1-20-12-4-2-3-10(8-12)15-14(19)16-11-6-5-9(7-11)13(17)18/h2-4,8-9,11H,5-7H2,1H3,(H,17,18)(H2,15,16,19)/t9-,11+/m1/s1. The van der Waals surface area contributed by atoms with Crippen LogP contribution in [-0.4, -0.2) is 30.3 Å². The average molecular weight is 278 g/mol. The van der Waals surface area contributed by atoms with Crippen LogP contribution < -0.4 is 15.4 Å². The number of benzene rings is 1. The first-order valence-corrected chi connectivity index (χ1v) is 6.53. The molecule has 20 heavy (non-hydrogen) atoms. The van der Waals surface area contributed by atoms with Crippen molar-refractivity contribution in [1.82, 2.24) is 5.32 Å². The zero-order valence-corrected chi connectivity index (χ0v) is 11.3. The van der Waals surface area contributed by atoms with Gasteiger partial charge in [0.25, 0.3) is 0 Å². The number of amides is 2. The quantitative estimate of drug-likeness (QED) is 0.786. The molecule has 1 aliphatic rings. The first-order valence-electron chi connectivity index (χ1n) is 6.53. The molecule has 0 heterocycles. The van der Waals surface area contributed by atoms with Crippen LogP contribution in [0.15, 0.2) is 24.3 Å². The molecule has 6 heteroatoms. The summed E-state index contributed by atoms with van der Waals surface area (Å²) in [4.78, 5) is 22.7. The molecule has 2 amide bonds. The number of urea groups is 1. The molecule has 2 rings (SSSR count). The molecule has 1 aliphatic carbocycles. The second kappa shape index (κ2) is 6.27. The summed E-state index contributed by atoms with van der Waals surface area (Å²) >= 11 is 0. The van der Waals surface area contributed by atoms with Gasteiger partial charge >= 0.3 is 12.0 Å². The van der Waals surface area contributed by atoms with Crippen molar-refractivity contribution in [2.75, 3.05) is 12.4 Å². The monoisotopic (exact) mass is 278 g/mol. The number of methoxy groups -OCH3 is 1. The first kappa shape index (κ1) is 14.2. The molecule has 1 saturated carbocycles. The Bertz CT molecular complexity index is 504. The minimum absolute atomic E-state index is 0.0818. The predicted octanol–water partition coefficient (Wildman–Crippen LogP) is 2.07. The van der Waals surface area contributed by atoms with E-state index in [1.54, 1.807) is 31.4 Å². The number of carbonyl (C=O) groups is 2. The highest BCUT2D eigenvalue weighted by atomic mass is 16.5. The van der Waals surface area contributed by atoms with E-state index in [9.17, 15) is 9.59 Å². The van der Waals surface area contributed by atoms with Crippen molar-refractivity contribution in [3.8, 4) is 5.75 Å². The number of anilines is 1. The van der Waals surface area contributed by atoms with Crippen LogP contribution in [0.1, 0.15) is 19.3 Å². The SMILES string of the molecule is COc1cccc(NC(=O)N[C@H]2CC[C@@H](C(=O)O)C2)c1. The highest BCUT2D eigenvalue weighted by molar-refractivity contribution is 5.89. The van der Waals surface area contributed by atoms with E-state index in [1.165, 1.54) is 0 Å². The van der Waals surface area contributed by atoms with Crippen molar-refractivity contribution < 1.29 is 19.4 Å². The van der Waals surface area contributed by atoms with Crippen molar-refractivity contribution in [3.63, 3.8) is 0 Å². The second-order valence-corrected chi connectivity index (χ2v) is 4.88. The number of hydrogen-bond acceptors (Lipinski definition) is 3. The molecular formula is C14H18N2O4. The van der Waals surface area contributed by atoms with Crippen molar-refractivity contribution in [2.45, 2.75) is 25.3 Å². The Balaban J connectivity index is 1.85. The van der Waals surface area contributed by atoms with E-state index in [4.69, 9.17) is 9.84 Å². The summed E-state index contributed by atoms with van der Waals surface area (Å²) in [7, 11) is 1.56. The van der Waals surface area contributed by atoms with E-state index >= 15 is 0 Å². The van der Waals surface area contributed by atoms with Crippen LogP contribution in [0.5, 0.6) is 5.75 Å². The predicted molar refractivity (Wildman–Crippen MR) is 73.9 cm³/mol. The molecule has 0 saturated heterocycles.